The highest BCUT2D eigenvalue weighted by atomic mass is 32.1. The van der Waals surface area contributed by atoms with Crippen molar-refractivity contribution in [3.05, 3.63) is 70.7 Å². The Morgan fingerprint density at radius 3 is 2.74 bits per heavy atom. The zero-order valence-corrected chi connectivity index (χ0v) is 13.5. The number of aromatic nitrogens is 3. The van der Waals surface area contributed by atoms with Crippen LogP contribution in [0, 0.1) is 0 Å². The first kappa shape index (κ1) is 15.4. The minimum absolute atomic E-state index is 0.0560. The predicted molar refractivity (Wildman–Crippen MR) is 90.1 cm³/mol. The van der Waals surface area contributed by atoms with Crippen LogP contribution in [0.25, 0.3) is 0 Å². The summed E-state index contributed by atoms with van der Waals surface area (Å²) in [5, 5.41) is 4.93. The van der Waals surface area contributed by atoms with Crippen molar-refractivity contribution in [1.82, 2.24) is 19.9 Å². The highest BCUT2D eigenvalue weighted by molar-refractivity contribution is 7.07. The Hall–Kier alpha value is -2.47. The topological polar surface area (TPSA) is 59.8 Å². The van der Waals surface area contributed by atoms with Gasteiger partial charge < -0.3 is 9.88 Å². The molecular weight excluding hydrogens is 308 g/mol. The van der Waals surface area contributed by atoms with Gasteiger partial charge in [-0.1, -0.05) is 24.3 Å². The number of nitrogens with zero attached hydrogens (tertiary/aromatic N) is 3. The zero-order chi connectivity index (χ0) is 15.9. The third-order valence-corrected chi connectivity index (χ3v) is 4.16. The Morgan fingerprint density at radius 2 is 2.04 bits per heavy atom. The van der Waals surface area contributed by atoms with Gasteiger partial charge in [-0.05, 0) is 17.5 Å². The molecule has 0 aliphatic heterocycles. The largest absolute Gasteiger partial charge is 0.352 e. The van der Waals surface area contributed by atoms with Crippen LogP contribution in [0.4, 0.5) is 0 Å². The number of benzene rings is 1. The molecule has 2 aromatic heterocycles. The summed E-state index contributed by atoms with van der Waals surface area (Å²) in [5.41, 5.74) is 5.08. The van der Waals surface area contributed by atoms with Gasteiger partial charge in [-0.25, -0.2) is 9.97 Å². The average molecular weight is 326 g/mol. The molecule has 118 valence electrons. The number of hydrogen-bond acceptors (Lipinski definition) is 4. The van der Waals surface area contributed by atoms with Gasteiger partial charge in [0, 0.05) is 37.3 Å². The van der Waals surface area contributed by atoms with E-state index in [1.165, 1.54) is 5.56 Å². The smallest absolute Gasteiger partial charge is 0.220 e. The molecule has 0 radical (unpaired) electrons. The van der Waals surface area contributed by atoms with Crippen LogP contribution in [0.15, 0.2) is 53.9 Å². The molecule has 0 bridgehead atoms. The quantitative estimate of drug-likeness (QED) is 0.726. The summed E-state index contributed by atoms with van der Waals surface area (Å²) < 4.78 is 2.02. The lowest BCUT2D eigenvalue weighted by molar-refractivity contribution is -0.121. The lowest BCUT2D eigenvalue weighted by Gasteiger charge is -2.07. The number of carbonyl (C=O) groups excluding carboxylic acids is 1. The summed E-state index contributed by atoms with van der Waals surface area (Å²) in [5.74, 6) is 0.0560. The molecule has 0 aliphatic rings. The molecule has 5 nitrogen and oxygen atoms in total. The second-order valence-corrected chi connectivity index (χ2v) is 6.03. The van der Waals surface area contributed by atoms with Crippen molar-refractivity contribution in [1.29, 1.82) is 0 Å². The summed E-state index contributed by atoms with van der Waals surface area (Å²) in [6, 6.07) is 8.26. The monoisotopic (exact) mass is 326 g/mol. The fourth-order valence-corrected chi connectivity index (χ4v) is 2.84. The van der Waals surface area contributed by atoms with E-state index in [0.29, 0.717) is 19.4 Å². The van der Waals surface area contributed by atoms with Crippen molar-refractivity contribution < 1.29 is 4.79 Å². The van der Waals surface area contributed by atoms with E-state index in [0.717, 1.165) is 17.8 Å². The van der Waals surface area contributed by atoms with E-state index in [2.05, 4.69) is 27.4 Å². The molecule has 0 unspecified atom stereocenters. The van der Waals surface area contributed by atoms with E-state index in [-0.39, 0.29) is 5.91 Å². The third kappa shape index (κ3) is 4.75. The molecule has 0 fully saturated rings. The van der Waals surface area contributed by atoms with Gasteiger partial charge in [0.1, 0.15) is 0 Å². The van der Waals surface area contributed by atoms with Gasteiger partial charge in [0.05, 0.1) is 17.5 Å². The molecule has 1 amide bonds. The summed E-state index contributed by atoms with van der Waals surface area (Å²) in [7, 11) is 0. The molecule has 1 aromatic carbocycles. The molecule has 3 rings (SSSR count). The SMILES string of the molecule is O=C(CCc1cscn1)NCc1ccc(Cn2ccnc2)cc1. The summed E-state index contributed by atoms with van der Waals surface area (Å²) in [6.07, 6.45) is 6.68. The first-order valence-corrected chi connectivity index (χ1v) is 8.41. The molecule has 0 aliphatic carbocycles. The molecule has 0 saturated carbocycles. The van der Waals surface area contributed by atoms with E-state index in [4.69, 9.17) is 0 Å². The number of hydrogen-bond donors (Lipinski definition) is 1. The minimum atomic E-state index is 0.0560. The lowest BCUT2D eigenvalue weighted by Crippen LogP contribution is -2.23. The predicted octanol–water partition coefficient (Wildman–Crippen LogP) is 2.64. The van der Waals surface area contributed by atoms with Gasteiger partial charge in [0.2, 0.25) is 5.91 Å². The number of imidazole rings is 1. The van der Waals surface area contributed by atoms with E-state index < -0.39 is 0 Å². The Balaban J connectivity index is 1.43. The number of nitrogens with one attached hydrogen (secondary N) is 1. The summed E-state index contributed by atoms with van der Waals surface area (Å²) in [6.45, 7) is 1.36. The maximum Gasteiger partial charge on any atom is 0.220 e. The van der Waals surface area contributed by atoms with Crippen molar-refractivity contribution in [3.63, 3.8) is 0 Å². The molecule has 0 saturated heterocycles. The Morgan fingerprint density at radius 1 is 1.22 bits per heavy atom. The highest BCUT2D eigenvalue weighted by Crippen LogP contribution is 2.07. The molecule has 6 heteroatoms. The third-order valence-electron chi connectivity index (χ3n) is 3.53. The summed E-state index contributed by atoms with van der Waals surface area (Å²) in [4.78, 5) is 20.1. The summed E-state index contributed by atoms with van der Waals surface area (Å²) >= 11 is 1.56. The van der Waals surface area contributed by atoms with Crippen LogP contribution in [-0.4, -0.2) is 20.4 Å². The van der Waals surface area contributed by atoms with Gasteiger partial charge in [-0.15, -0.1) is 11.3 Å². The molecule has 23 heavy (non-hydrogen) atoms. The maximum atomic E-state index is 11.8. The minimum Gasteiger partial charge on any atom is -0.352 e. The number of aryl methyl sites for hydroxylation is 1. The standard InChI is InChI=1S/C17H18N4OS/c22-17(6-5-16-11-23-13-20-16)19-9-14-1-3-15(4-2-14)10-21-8-7-18-12-21/h1-4,7-8,11-13H,5-6,9-10H2,(H,19,22). The fraction of sp³-hybridized carbons (Fsp3) is 0.235. The average Bonchev–Trinajstić information content (AvgIpc) is 3.26. The first-order valence-electron chi connectivity index (χ1n) is 7.47. The first-order chi connectivity index (χ1) is 11.3. The zero-order valence-electron chi connectivity index (χ0n) is 12.7. The number of thiazole rings is 1. The van der Waals surface area contributed by atoms with Crippen LogP contribution in [0.5, 0.6) is 0 Å². The molecule has 2 heterocycles. The molecular formula is C17H18N4OS. The van der Waals surface area contributed by atoms with Crippen LogP contribution in [0.3, 0.4) is 0 Å². The van der Waals surface area contributed by atoms with Crippen molar-refractivity contribution in [2.24, 2.45) is 0 Å². The van der Waals surface area contributed by atoms with E-state index in [1.807, 2.05) is 28.3 Å². The molecule has 3 aromatic rings. The van der Waals surface area contributed by atoms with Crippen molar-refractivity contribution in [3.8, 4) is 0 Å². The number of carbonyl (C=O) groups is 1. The Bertz CT molecular complexity index is 721. The second kappa shape index (κ2) is 7.69. The molecule has 0 atom stereocenters. The Labute approximate surface area is 139 Å². The normalized spacial score (nSPS) is 10.6. The number of rotatable bonds is 7. The van der Waals surface area contributed by atoms with E-state index in [1.54, 1.807) is 29.4 Å². The molecule has 0 spiro atoms. The maximum absolute atomic E-state index is 11.8. The van der Waals surface area contributed by atoms with Gasteiger partial charge in [-0.2, -0.15) is 0 Å². The number of amides is 1. The van der Waals surface area contributed by atoms with Crippen LogP contribution in [0.1, 0.15) is 23.2 Å². The fourth-order valence-electron chi connectivity index (χ4n) is 2.25. The van der Waals surface area contributed by atoms with Crippen LogP contribution >= 0.6 is 11.3 Å². The Kier molecular flexibility index (Phi) is 5.16. The van der Waals surface area contributed by atoms with Gasteiger partial charge in [0.25, 0.3) is 0 Å². The van der Waals surface area contributed by atoms with Gasteiger partial charge in [0.15, 0.2) is 0 Å². The van der Waals surface area contributed by atoms with Gasteiger partial charge in [-0.3, -0.25) is 4.79 Å². The van der Waals surface area contributed by atoms with Crippen LogP contribution in [-0.2, 0) is 24.3 Å². The second-order valence-electron chi connectivity index (χ2n) is 5.31. The van der Waals surface area contributed by atoms with E-state index in [9.17, 15) is 4.79 Å². The molecule has 1 N–H and O–H groups in total. The van der Waals surface area contributed by atoms with Gasteiger partial charge >= 0.3 is 0 Å². The van der Waals surface area contributed by atoms with Crippen molar-refractivity contribution >= 4 is 17.2 Å². The van der Waals surface area contributed by atoms with E-state index >= 15 is 0 Å². The van der Waals surface area contributed by atoms with Crippen molar-refractivity contribution in [2.45, 2.75) is 25.9 Å². The van der Waals surface area contributed by atoms with Crippen molar-refractivity contribution in [2.75, 3.05) is 0 Å². The lowest BCUT2D eigenvalue weighted by atomic mass is 10.1. The van der Waals surface area contributed by atoms with Crippen LogP contribution < -0.4 is 5.32 Å². The van der Waals surface area contributed by atoms with Crippen LogP contribution in [0.2, 0.25) is 0 Å². The highest BCUT2D eigenvalue weighted by Gasteiger charge is 2.04.